The summed E-state index contributed by atoms with van der Waals surface area (Å²) in [4.78, 5) is 23.2. The van der Waals surface area contributed by atoms with Crippen molar-refractivity contribution in [3.05, 3.63) is 53.3 Å². The lowest BCUT2D eigenvalue weighted by molar-refractivity contribution is -0.0247. The van der Waals surface area contributed by atoms with Gasteiger partial charge < -0.3 is 15.0 Å². The Morgan fingerprint density at radius 2 is 2.12 bits per heavy atom. The average molecular weight is 340 g/mol. The summed E-state index contributed by atoms with van der Waals surface area (Å²) in [5, 5.41) is 2.90. The minimum absolute atomic E-state index is 0.0598. The van der Waals surface area contributed by atoms with E-state index in [1.807, 2.05) is 30.0 Å². The Bertz CT molecular complexity index is 721. The second-order valence-electron chi connectivity index (χ2n) is 6.24. The van der Waals surface area contributed by atoms with Crippen LogP contribution in [0.4, 0.5) is 5.95 Å². The van der Waals surface area contributed by atoms with Crippen molar-refractivity contribution in [1.29, 1.82) is 0 Å². The maximum atomic E-state index is 12.8. The van der Waals surface area contributed by atoms with Crippen LogP contribution in [0.25, 0.3) is 0 Å². The first kappa shape index (κ1) is 17.4. The molecule has 1 aliphatic heterocycles. The normalized spacial score (nSPS) is 17.4. The Kier molecular flexibility index (Phi) is 5.60. The summed E-state index contributed by atoms with van der Waals surface area (Å²) < 4.78 is 5.85. The molecule has 6 heteroatoms. The molecule has 1 fully saturated rings. The molecule has 1 N–H and O–H groups in total. The van der Waals surface area contributed by atoms with Gasteiger partial charge in [0.25, 0.3) is 5.91 Å². The van der Waals surface area contributed by atoms with Crippen molar-refractivity contribution < 1.29 is 9.53 Å². The van der Waals surface area contributed by atoms with Gasteiger partial charge in [-0.15, -0.1) is 0 Å². The molecule has 1 aliphatic rings. The molecule has 1 saturated heterocycles. The van der Waals surface area contributed by atoms with Crippen LogP contribution in [-0.2, 0) is 11.2 Å². The summed E-state index contributed by atoms with van der Waals surface area (Å²) in [5.74, 6) is 0.409. The monoisotopic (exact) mass is 340 g/mol. The van der Waals surface area contributed by atoms with Gasteiger partial charge in [-0.25, -0.2) is 9.97 Å². The van der Waals surface area contributed by atoms with Crippen LogP contribution >= 0.6 is 0 Å². The topological polar surface area (TPSA) is 67.4 Å². The zero-order valence-corrected chi connectivity index (χ0v) is 14.7. The number of aromatic nitrogens is 2. The van der Waals surface area contributed by atoms with Gasteiger partial charge in [-0.1, -0.05) is 30.3 Å². The molecule has 0 saturated carbocycles. The molecule has 1 unspecified atom stereocenters. The zero-order valence-electron chi connectivity index (χ0n) is 14.7. The third kappa shape index (κ3) is 4.54. The summed E-state index contributed by atoms with van der Waals surface area (Å²) >= 11 is 0. The highest BCUT2D eigenvalue weighted by Crippen LogP contribution is 2.15. The van der Waals surface area contributed by atoms with Crippen LogP contribution in [0.15, 0.2) is 36.4 Å². The van der Waals surface area contributed by atoms with Crippen LogP contribution in [0.3, 0.4) is 0 Å². The van der Waals surface area contributed by atoms with E-state index < -0.39 is 0 Å². The quantitative estimate of drug-likeness (QED) is 0.905. The molecule has 1 atom stereocenters. The Morgan fingerprint density at radius 1 is 1.32 bits per heavy atom. The summed E-state index contributed by atoms with van der Waals surface area (Å²) in [6.07, 6.45) is 1.91. The number of hydrogen-bond acceptors (Lipinski definition) is 5. The van der Waals surface area contributed by atoms with Crippen molar-refractivity contribution >= 4 is 11.9 Å². The molecule has 6 nitrogen and oxygen atoms in total. The van der Waals surface area contributed by atoms with E-state index in [1.54, 1.807) is 13.1 Å². The number of hydrogen-bond donors (Lipinski definition) is 1. The van der Waals surface area contributed by atoms with Crippen LogP contribution in [-0.4, -0.2) is 53.6 Å². The first-order chi connectivity index (χ1) is 12.2. The van der Waals surface area contributed by atoms with E-state index in [4.69, 9.17) is 4.74 Å². The Balaban J connectivity index is 1.62. The molecule has 0 aliphatic carbocycles. The van der Waals surface area contributed by atoms with Crippen molar-refractivity contribution in [2.24, 2.45) is 0 Å². The fraction of sp³-hybridized carbons (Fsp3) is 0.421. The number of benzene rings is 1. The van der Waals surface area contributed by atoms with Gasteiger partial charge in [0, 0.05) is 25.8 Å². The molecule has 1 amide bonds. The van der Waals surface area contributed by atoms with Gasteiger partial charge in [0.2, 0.25) is 5.95 Å². The first-order valence-electron chi connectivity index (χ1n) is 8.64. The number of nitrogens with zero attached hydrogens (tertiary/aromatic N) is 3. The molecule has 25 heavy (non-hydrogen) atoms. The second-order valence-corrected chi connectivity index (χ2v) is 6.24. The highest BCUT2D eigenvalue weighted by Gasteiger charge is 2.26. The number of anilines is 1. The number of morpholine rings is 1. The second kappa shape index (κ2) is 8.07. The number of rotatable bonds is 5. The van der Waals surface area contributed by atoms with Gasteiger partial charge in [0.1, 0.15) is 5.69 Å². The van der Waals surface area contributed by atoms with E-state index in [1.165, 1.54) is 5.56 Å². The van der Waals surface area contributed by atoms with E-state index in [0.29, 0.717) is 31.3 Å². The number of carbonyl (C=O) groups excluding carboxylic acids is 1. The number of amides is 1. The Labute approximate surface area is 148 Å². The predicted octanol–water partition coefficient (Wildman–Crippen LogP) is 2.30. The molecule has 3 rings (SSSR count). The molecule has 0 bridgehead atoms. The Hall–Kier alpha value is -2.47. The molecular weight excluding hydrogens is 316 g/mol. The van der Waals surface area contributed by atoms with Crippen LogP contribution < -0.4 is 5.32 Å². The highest BCUT2D eigenvalue weighted by atomic mass is 16.5. The average Bonchev–Trinajstić information content (AvgIpc) is 2.66. The largest absolute Gasteiger partial charge is 0.375 e. The van der Waals surface area contributed by atoms with Crippen molar-refractivity contribution in [3.63, 3.8) is 0 Å². The predicted molar refractivity (Wildman–Crippen MR) is 96.7 cm³/mol. The summed E-state index contributed by atoms with van der Waals surface area (Å²) in [7, 11) is 1.75. The van der Waals surface area contributed by atoms with E-state index in [2.05, 4.69) is 27.4 Å². The maximum absolute atomic E-state index is 12.8. The lowest BCUT2D eigenvalue weighted by atomic mass is 10.1. The molecule has 1 aromatic carbocycles. The molecule has 0 spiro atoms. The third-order valence-electron chi connectivity index (χ3n) is 4.32. The minimum atomic E-state index is -0.0602. The van der Waals surface area contributed by atoms with Gasteiger partial charge in [-0.2, -0.15) is 0 Å². The Morgan fingerprint density at radius 3 is 2.88 bits per heavy atom. The summed E-state index contributed by atoms with van der Waals surface area (Å²) in [5.41, 5.74) is 2.50. The molecular formula is C19H24N4O2. The van der Waals surface area contributed by atoms with E-state index >= 15 is 0 Å². The molecule has 1 aromatic heterocycles. The molecule has 132 valence electrons. The van der Waals surface area contributed by atoms with Crippen molar-refractivity contribution in [3.8, 4) is 0 Å². The third-order valence-corrected chi connectivity index (χ3v) is 4.32. The van der Waals surface area contributed by atoms with Crippen LogP contribution in [0, 0.1) is 6.92 Å². The summed E-state index contributed by atoms with van der Waals surface area (Å²) in [6, 6.07) is 12.1. The zero-order chi connectivity index (χ0) is 17.6. The number of aryl methyl sites for hydroxylation is 2. The highest BCUT2D eigenvalue weighted by molar-refractivity contribution is 5.92. The van der Waals surface area contributed by atoms with Crippen molar-refractivity contribution in [2.75, 3.05) is 32.1 Å². The standard InChI is InChI=1S/C19H24N4O2/c1-14-12-17(22-19(20-2)21-14)18(24)23-10-11-25-16(13-23)9-8-15-6-4-3-5-7-15/h3-7,12,16H,8-11,13H2,1-2H3,(H,20,21,22). The van der Waals surface area contributed by atoms with Gasteiger partial charge in [0.05, 0.1) is 12.7 Å². The van der Waals surface area contributed by atoms with Gasteiger partial charge in [0.15, 0.2) is 0 Å². The van der Waals surface area contributed by atoms with Crippen molar-refractivity contribution in [2.45, 2.75) is 25.9 Å². The van der Waals surface area contributed by atoms with Crippen molar-refractivity contribution in [1.82, 2.24) is 14.9 Å². The fourth-order valence-electron chi connectivity index (χ4n) is 3.00. The number of carbonyl (C=O) groups is 1. The SMILES string of the molecule is CNc1nc(C)cc(C(=O)N2CCOC(CCc3ccccc3)C2)n1. The number of ether oxygens (including phenoxy) is 1. The smallest absolute Gasteiger partial charge is 0.272 e. The van der Waals surface area contributed by atoms with Crippen LogP contribution in [0.5, 0.6) is 0 Å². The van der Waals surface area contributed by atoms with E-state index in [0.717, 1.165) is 18.5 Å². The van der Waals surface area contributed by atoms with Crippen LogP contribution in [0.1, 0.15) is 28.2 Å². The first-order valence-corrected chi connectivity index (χ1v) is 8.64. The lowest BCUT2D eigenvalue weighted by Gasteiger charge is -2.33. The lowest BCUT2D eigenvalue weighted by Crippen LogP contribution is -2.46. The number of nitrogens with one attached hydrogen (secondary N) is 1. The van der Waals surface area contributed by atoms with Gasteiger partial charge in [-0.3, -0.25) is 4.79 Å². The molecule has 2 aromatic rings. The fourth-order valence-corrected chi connectivity index (χ4v) is 3.00. The maximum Gasteiger partial charge on any atom is 0.272 e. The molecule has 0 radical (unpaired) electrons. The van der Waals surface area contributed by atoms with E-state index in [-0.39, 0.29) is 12.0 Å². The molecule has 2 heterocycles. The van der Waals surface area contributed by atoms with E-state index in [9.17, 15) is 4.79 Å². The van der Waals surface area contributed by atoms with Gasteiger partial charge in [-0.05, 0) is 31.4 Å². The van der Waals surface area contributed by atoms with Crippen LogP contribution in [0.2, 0.25) is 0 Å². The van der Waals surface area contributed by atoms with Gasteiger partial charge >= 0.3 is 0 Å². The summed E-state index contributed by atoms with van der Waals surface area (Å²) in [6.45, 7) is 3.62. The minimum Gasteiger partial charge on any atom is -0.375 e.